The van der Waals surface area contributed by atoms with Crippen molar-refractivity contribution in [2.75, 3.05) is 6.54 Å². The van der Waals surface area contributed by atoms with Gasteiger partial charge in [-0.2, -0.15) is 0 Å². The summed E-state index contributed by atoms with van der Waals surface area (Å²) in [6, 6.07) is 8.11. The van der Waals surface area contributed by atoms with E-state index in [-0.39, 0.29) is 0 Å². The van der Waals surface area contributed by atoms with Gasteiger partial charge in [0.15, 0.2) is 0 Å². The van der Waals surface area contributed by atoms with Crippen molar-refractivity contribution in [2.45, 2.75) is 64.1 Å². The molecule has 1 aliphatic heterocycles. The molecule has 0 bridgehead atoms. The molecule has 0 amide bonds. The fraction of sp³-hybridized carbons (Fsp3) is 0.647. The van der Waals surface area contributed by atoms with Crippen molar-refractivity contribution in [1.29, 1.82) is 0 Å². The number of benzene rings is 1. The first-order valence-electron chi connectivity index (χ1n) is 7.85. The molecule has 1 aromatic rings. The molecule has 19 heavy (non-hydrogen) atoms. The third-order valence-electron chi connectivity index (χ3n) is 4.93. The number of hydrogen-bond acceptors (Lipinski definition) is 2. The molecular weight excluding hydrogens is 232 g/mol. The van der Waals surface area contributed by atoms with Gasteiger partial charge >= 0.3 is 0 Å². The fourth-order valence-electron chi connectivity index (χ4n) is 3.89. The standard InChI is InChI=1S/C17H26N2/c1-13-8-9-14-12-19(17(11-18)16(14)10-13)15-6-4-2-3-5-7-15/h8-10,15,17H,2-7,11-12,18H2,1H3. The summed E-state index contributed by atoms with van der Waals surface area (Å²) < 4.78 is 0. The van der Waals surface area contributed by atoms with E-state index in [0.29, 0.717) is 6.04 Å². The van der Waals surface area contributed by atoms with Crippen LogP contribution in [0.25, 0.3) is 0 Å². The van der Waals surface area contributed by atoms with Crippen LogP contribution in [0.4, 0.5) is 0 Å². The van der Waals surface area contributed by atoms with E-state index < -0.39 is 0 Å². The zero-order valence-electron chi connectivity index (χ0n) is 12.1. The number of aryl methyl sites for hydroxylation is 1. The zero-order chi connectivity index (χ0) is 13.2. The number of nitrogens with zero attached hydrogens (tertiary/aromatic N) is 1. The molecule has 3 rings (SSSR count). The Morgan fingerprint density at radius 3 is 2.58 bits per heavy atom. The first-order valence-corrected chi connectivity index (χ1v) is 7.85. The highest BCUT2D eigenvalue weighted by Crippen LogP contribution is 2.38. The quantitative estimate of drug-likeness (QED) is 0.822. The van der Waals surface area contributed by atoms with E-state index in [4.69, 9.17) is 5.73 Å². The van der Waals surface area contributed by atoms with Gasteiger partial charge in [-0.25, -0.2) is 0 Å². The lowest BCUT2D eigenvalue weighted by Gasteiger charge is -2.32. The van der Waals surface area contributed by atoms with E-state index in [1.165, 1.54) is 55.2 Å². The Balaban J connectivity index is 1.84. The topological polar surface area (TPSA) is 29.3 Å². The summed E-state index contributed by atoms with van der Waals surface area (Å²) in [5, 5.41) is 0. The zero-order valence-corrected chi connectivity index (χ0v) is 12.1. The molecular formula is C17H26N2. The van der Waals surface area contributed by atoms with Crippen LogP contribution in [0.15, 0.2) is 18.2 Å². The van der Waals surface area contributed by atoms with Gasteiger partial charge in [-0.1, -0.05) is 49.4 Å². The minimum Gasteiger partial charge on any atom is -0.329 e. The molecule has 1 aliphatic carbocycles. The average Bonchev–Trinajstić information content (AvgIpc) is 2.61. The molecule has 1 atom stereocenters. The van der Waals surface area contributed by atoms with E-state index in [2.05, 4.69) is 30.0 Å². The Hall–Kier alpha value is -0.860. The second-order valence-electron chi connectivity index (χ2n) is 6.27. The predicted octanol–water partition coefficient (Wildman–Crippen LogP) is 3.53. The Morgan fingerprint density at radius 2 is 1.89 bits per heavy atom. The number of rotatable bonds is 2. The monoisotopic (exact) mass is 258 g/mol. The molecule has 0 radical (unpaired) electrons. The second-order valence-corrected chi connectivity index (χ2v) is 6.27. The summed E-state index contributed by atoms with van der Waals surface area (Å²) in [5.41, 5.74) is 10.5. The van der Waals surface area contributed by atoms with Crippen LogP contribution in [0.3, 0.4) is 0 Å². The lowest BCUT2D eigenvalue weighted by atomic mass is 10.0. The lowest BCUT2D eigenvalue weighted by Crippen LogP contribution is -2.36. The molecule has 0 aromatic heterocycles. The van der Waals surface area contributed by atoms with E-state index >= 15 is 0 Å². The van der Waals surface area contributed by atoms with Crippen molar-refractivity contribution in [3.05, 3.63) is 34.9 Å². The summed E-state index contributed by atoms with van der Waals surface area (Å²) in [6.07, 6.45) is 8.36. The maximum Gasteiger partial charge on any atom is 0.0480 e. The Labute approximate surface area is 117 Å². The maximum atomic E-state index is 6.09. The van der Waals surface area contributed by atoms with E-state index in [9.17, 15) is 0 Å². The van der Waals surface area contributed by atoms with Gasteiger partial charge in [0.05, 0.1) is 0 Å². The molecule has 2 heteroatoms. The van der Waals surface area contributed by atoms with Crippen LogP contribution in [0.1, 0.15) is 61.3 Å². The van der Waals surface area contributed by atoms with Crippen LogP contribution in [-0.4, -0.2) is 17.5 Å². The van der Waals surface area contributed by atoms with Crippen LogP contribution in [-0.2, 0) is 6.54 Å². The molecule has 1 fully saturated rings. The van der Waals surface area contributed by atoms with Gasteiger partial charge in [-0.15, -0.1) is 0 Å². The molecule has 1 heterocycles. The minimum absolute atomic E-state index is 0.456. The molecule has 104 valence electrons. The van der Waals surface area contributed by atoms with Gasteiger partial charge in [0.1, 0.15) is 0 Å². The molecule has 0 saturated heterocycles. The molecule has 1 aromatic carbocycles. The van der Waals surface area contributed by atoms with Crippen LogP contribution >= 0.6 is 0 Å². The summed E-state index contributed by atoms with van der Waals surface area (Å²) in [5.74, 6) is 0. The van der Waals surface area contributed by atoms with Gasteiger partial charge < -0.3 is 5.73 Å². The molecule has 2 aliphatic rings. The maximum absolute atomic E-state index is 6.09. The summed E-state index contributed by atoms with van der Waals surface area (Å²) >= 11 is 0. The van der Waals surface area contributed by atoms with Crippen molar-refractivity contribution in [1.82, 2.24) is 4.90 Å². The van der Waals surface area contributed by atoms with Gasteiger partial charge in [-0.05, 0) is 30.9 Å². The molecule has 0 spiro atoms. The SMILES string of the molecule is Cc1ccc2c(c1)C(CN)N(C1CCCCCC1)C2. The lowest BCUT2D eigenvalue weighted by molar-refractivity contribution is 0.135. The van der Waals surface area contributed by atoms with Crippen LogP contribution in [0.2, 0.25) is 0 Å². The highest BCUT2D eigenvalue weighted by molar-refractivity contribution is 5.37. The van der Waals surface area contributed by atoms with Gasteiger partial charge in [-0.3, -0.25) is 4.90 Å². The second kappa shape index (κ2) is 5.64. The van der Waals surface area contributed by atoms with Crippen LogP contribution in [0.5, 0.6) is 0 Å². The van der Waals surface area contributed by atoms with E-state index in [0.717, 1.165) is 19.1 Å². The van der Waals surface area contributed by atoms with Crippen molar-refractivity contribution in [2.24, 2.45) is 5.73 Å². The van der Waals surface area contributed by atoms with Crippen LogP contribution < -0.4 is 5.73 Å². The Kier molecular flexibility index (Phi) is 3.90. The molecule has 2 nitrogen and oxygen atoms in total. The third-order valence-corrected chi connectivity index (χ3v) is 4.93. The summed E-state index contributed by atoms with van der Waals surface area (Å²) in [4.78, 5) is 2.69. The Morgan fingerprint density at radius 1 is 1.16 bits per heavy atom. The minimum atomic E-state index is 0.456. The fourth-order valence-corrected chi connectivity index (χ4v) is 3.89. The summed E-state index contributed by atoms with van der Waals surface area (Å²) in [7, 11) is 0. The van der Waals surface area contributed by atoms with E-state index in [1.54, 1.807) is 0 Å². The van der Waals surface area contributed by atoms with Crippen molar-refractivity contribution >= 4 is 0 Å². The Bertz CT molecular complexity index is 433. The largest absolute Gasteiger partial charge is 0.329 e. The van der Waals surface area contributed by atoms with E-state index in [1.807, 2.05) is 0 Å². The van der Waals surface area contributed by atoms with Gasteiger partial charge in [0, 0.05) is 25.2 Å². The van der Waals surface area contributed by atoms with Gasteiger partial charge in [0.2, 0.25) is 0 Å². The summed E-state index contributed by atoms with van der Waals surface area (Å²) in [6.45, 7) is 4.05. The first-order chi connectivity index (χ1) is 9.29. The number of hydrogen-bond donors (Lipinski definition) is 1. The predicted molar refractivity (Wildman–Crippen MR) is 80.0 cm³/mol. The van der Waals surface area contributed by atoms with Crippen molar-refractivity contribution < 1.29 is 0 Å². The highest BCUT2D eigenvalue weighted by atomic mass is 15.2. The normalized spacial score (nSPS) is 25.3. The molecule has 1 saturated carbocycles. The van der Waals surface area contributed by atoms with Crippen LogP contribution in [0, 0.1) is 6.92 Å². The highest BCUT2D eigenvalue weighted by Gasteiger charge is 2.33. The smallest absolute Gasteiger partial charge is 0.0480 e. The molecule has 1 unspecified atom stereocenters. The number of fused-ring (bicyclic) bond motifs is 1. The van der Waals surface area contributed by atoms with Gasteiger partial charge in [0.25, 0.3) is 0 Å². The number of nitrogens with two attached hydrogens (primary N) is 1. The molecule has 2 N–H and O–H groups in total. The van der Waals surface area contributed by atoms with Crippen molar-refractivity contribution in [3.8, 4) is 0 Å². The average molecular weight is 258 g/mol. The third kappa shape index (κ3) is 2.56. The van der Waals surface area contributed by atoms with Crippen molar-refractivity contribution in [3.63, 3.8) is 0 Å². The first kappa shape index (κ1) is 13.1.